The van der Waals surface area contributed by atoms with Crippen molar-refractivity contribution < 1.29 is 8.42 Å². The monoisotopic (exact) mass is 299 g/mol. The Kier molecular flexibility index (Phi) is 5.98. The highest BCUT2D eigenvalue weighted by Crippen LogP contribution is 2.21. The molecule has 6 heteroatoms. The van der Waals surface area contributed by atoms with E-state index < -0.39 is 10.0 Å². The molecule has 0 spiro atoms. The second kappa shape index (κ2) is 7.06. The van der Waals surface area contributed by atoms with Crippen LogP contribution in [0.1, 0.15) is 24.0 Å². The third kappa shape index (κ3) is 4.77. The van der Waals surface area contributed by atoms with Crippen LogP contribution in [0.2, 0.25) is 0 Å². The van der Waals surface area contributed by atoms with E-state index in [0.29, 0.717) is 12.2 Å². The highest BCUT2D eigenvalue weighted by Gasteiger charge is 2.15. The zero-order chi connectivity index (χ0) is 15.3. The molecular formula is C14H25N3O2S. The Balaban J connectivity index is 2.65. The average Bonchev–Trinajstić information content (AvgIpc) is 2.34. The minimum Gasteiger partial charge on any atom is -0.398 e. The first-order chi connectivity index (χ1) is 9.24. The second-order valence-corrected chi connectivity index (χ2v) is 7.13. The van der Waals surface area contributed by atoms with Gasteiger partial charge in [0, 0.05) is 12.2 Å². The van der Waals surface area contributed by atoms with Crippen molar-refractivity contribution in [3.8, 4) is 0 Å². The fourth-order valence-electron chi connectivity index (χ4n) is 1.85. The summed E-state index contributed by atoms with van der Waals surface area (Å²) in [7, 11) is 0.538. The second-order valence-electron chi connectivity index (χ2n) is 5.36. The van der Waals surface area contributed by atoms with Crippen LogP contribution >= 0.6 is 0 Å². The van der Waals surface area contributed by atoms with Crippen LogP contribution < -0.4 is 10.5 Å². The smallest absolute Gasteiger partial charge is 0.240 e. The number of nitrogens with zero attached hydrogens (tertiary/aromatic N) is 1. The topological polar surface area (TPSA) is 75.4 Å². The number of nitrogen functional groups attached to an aromatic ring is 1. The molecule has 0 fully saturated rings. The third-order valence-corrected chi connectivity index (χ3v) is 4.76. The van der Waals surface area contributed by atoms with Gasteiger partial charge in [-0.2, -0.15) is 0 Å². The van der Waals surface area contributed by atoms with E-state index in [4.69, 9.17) is 5.73 Å². The van der Waals surface area contributed by atoms with E-state index in [9.17, 15) is 8.42 Å². The fourth-order valence-corrected chi connectivity index (χ4v) is 3.04. The number of hydrogen-bond donors (Lipinski definition) is 2. The van der Waals surface area contributed by atoms with Gasteiger partial charge in [0.2, 0.25) is 10.0 Å². The maximum absolute atomic E-state index is 12.2. The van der Waals surface area contributed by atoms with Gasteiger partial charge in [0.15, 0.2) is 0 Å². The first-order valence-corrected chi connectivity index (χ1v) is 8.23. The van der Waals surface area contributed by atoms with Gasteiger partial charge in [-0.25, -0.2) is 13.1 Å². The van der Waals surface area contributed by atoms with Crippen LogP contribution in [0.25, 0.3) is 0 Å². The predicted octanol–water partition coefficient (Wildman–Crippen LogP) is 1.51. The molecule has 0 aromatic heterocycles. The lowest BCUT2D eigenvalue weighted by Crippen LogP contribution is -2.26. The first-order valence-electron chi connectivity index (χ1n) is 6.75. The van der Waals surface area contributed by atoms with Crippen LogP contribution in [0, 0.1) is 13.8 Å². The van der Waals surface area contributed by atoms with E-state index >= 15 is 0 Å². The highest BCUT2D eigenvalue weighted by molar-refractivity contribution is 7.89. The normalized spacial score (nSPS) is 12.1. The molecule has 20 heavy (non-hydrogen) atoms. The van der Waals surface area contributed by atoms with Crippen LogP contribution in [0.3, 0.4) is 0 Å². The molecule has 114 valence electrons. The molecule has 0 amide bonds. The number of rotatable bonds is 7. The number of nitrogens with one attached hydrogen (secondary N) is 1. The standard InChI is InChI=1S/C14H25N3O2S/c1-11-9-13(10-14(15)12(11)2)20(18,19)16-7-5-6-8-17(3)4/h9-10,16H,5-8,15H2,1-4H3. The molecular weight excluding hydrogens is 274 g/mol. The number of hydrogen-bond acceptors (Lipinski definition) is 4. The van der Waals surface area contributed by atoms with Gasteiger partial charge in [0.1, 0.15) is 0 Å². The van der Waals surface area contributed by atoms with E-state index in [2.05, 4.69) is 9.62 Å². The van der Waals surface area contributed by atoms with Crippen molar-refractivity contribution in [2.24, 2.45) is 0 Å². The first kappa shape index (κ1) is 16.9. The van der Waals surface area contributed by atoms with Gasteiger partial charge in [0.25, 0.3) is 0 Å². The summed E-state index contributed by atoms with van der Waals surface area (Å²) in [5.41, 5.74) is 8.15. The van der Waals surface area contributed by atoms with Gasteiger partial charge in [-0.1, -0.05) is 0 Å². The van der Waals surface area contributed by atoms with E-state index in [1.54, 1.807) is 6.07 Å². The molecule has 0 unspecified atom stereocenters. The van der Waals surface area contributed by atoms with Gasteiger partial charge in [-0.05, 0) is 70.6 Å². The Hall–Kier alpha value is -1.11. The summed E-state index contributed by atoms with van der Waals surface area (Å²) in [6.07, 6.45) is 1.78. The molecule has 1 aromatic rings. The van der Waals surface area contributed by atoms with E-state index in [1.165, 1.54) is 6.07 Å². The van der Waals surface area contributed by atoms with Gasteiger partial charge >= 0.3 is 0 Å². The predicted molar refractivity (Wildman–Crippen MR) is 83.3 cm³/mol. The van der Waals surface area contributed by atoms with Crippen molar-refractivity contribution in [2.45, 2.75) is 31.6 Å². The van der Waals surface area contributed by atoms with Crippen LogP contribution in [0.4, 0.5) is 5.69 Å². The molecule has 0 aliphatic heterocycles. The summed E-state index contributed by atoms with van der Waals surface area (Å²) < 4.78 is 27.0. The Labute approximate surface area is 122 Å². The minimum absolute atomic E-state index is 0.241. The number of aryl methyl sites for hydroxylation is 1. The highest BCUT2D eigenvalue weighted by atomic mass is 32.2. The maximum Gasteiger partial charge on any atom is 0.240 e. The molecule has 0 saturated carbocycles. The summed E-state index contributed by atoms with van der Waals surface area (Å²) in [5, 5.41) is 0. The summed E-state index contributed by atoms with van der Waals surface area (Å²) in [6, 6.07) is 3.18. The summed E-state index contributed by atoms with van der Waals surface area (Å²) in [5.74, 6) is 0. The van der Waals surface area contributed by atoms with Gasteiger partial charge in [0.05, 0.1) is 4.90 Å². The number of benzene rings is 1. The number of anilines is 1. The number of sulfonamides is 1. The van der Waals surface area contributed by atoms with Crippen molar-refractivity contribution in [3.63, 3.8) is 0 Å². The number of nitrogens with two attached hydrogens (primary N) is 1. The largest absolute Gasteiger partial charge is 0.398 e. The van der Waals surface area contributed by atoms with Crippen molar-refractivity contribution in [3.05, 3.63) is 23.3 Å². The molecule has 0 atom stereocenters. The third-order valence-electron chi connectivity index (χ3n) is 3.32. The Morgan fingerprint density at radius 2 is 1.85 bits per heavy atom. The maximum atomic E-state index is 12.2. The van der Waals surface area contributed by atoms with E-state index in [-0.39, 0.29) is 4.90 Å². The summed E-state index contributed by atoms with van der Waals surface area (Å²) in [6.45, 7) is 5.15. The molecule has 0 aliphatic rings. The molecule has 3 N–H and O–H groups in total. The van der Waals surface area contributed by atoms with E-state index in [1.807, 2.05) is 27.9 Å². The minimum atomic E-state index is -3.47. The lowest BCUT2D eigenvalue weighted by atomic mass is 10.1. The molecule has 0 bridgehead atoms. The van der Waals surface area contributed by atoms with Crippen molar-refractivity contribution in [2.75, 3.05) is 32.9 Å². The summed E-state index contributed by atoms with van der Waals surface area (Å²) >= 11 is 0. The van der Waals surface area contributed by atoms with Gasteiger partial charge in [-0.15, -0.1) is 0 Å². The van der Waals surface area contributed by atoms with Crippen LogP contribution in [0.15, 0.2) is 17.0 Å². The fraction of sp³-hybridized carbons (Fsp3) is 0.571. The lowest BCUT2D eigenvalue weighted by molar-refractivity contribution is 0.394. The van der Waals surface area contributed by atoms with Gasteiger partial charge in [-0.3, -0.25) is 0 Å². The van der Waals surface area contributed by atoms with Crippen LogP contribution in [-0.4, -0.2) is 40.5 Å². The van der Waals surface area contributed by atoms with Crippen molar-refractivity contribution in [1.29, 1.82) is 0 Å². The van der Waals surface area contributed by atoms with Crippen LogP contribution in [-0.2, 0) is 10.0 Å². The average molecular weight is 299 g/mol. The lowest BCUT2D eigenvalue weighted by Gasteiger charge is -2.12. The number of unbranched alkanes of at least 4 members (excludes halogenated alkanes) is 1. The Morgan fingerprint density at radius 1 is 1.20 bits per heavy atom. The Bertz CT molecular complexity index is 531. The molecule has 5 nitrogen and oxygen atoms in total. The van der Waals surface area contributed by atoms with Crippen molar-refractivity contribution >= 4 is 15.7 Å². The molecule has 0 radical (unpaired) electrons. The van der Waals surface area contributed by atoms with Crippen LogP contribution in [0.5, 0.6) is 0 Å². The van der Waals surface area contributed by atoms with E-state index in [0.717, 1.165) is 30.5 Å². The Morgan fingerprint density at radius 3 is 2.40 bits per heavy atom. The SMILES string of the molecule is Cc1cc(S(=O)(=O)NCCCCN(C)C)cc(N)c1C. The molecule has 1 aromatic carbocycles. The molecule has 0 aliphatic carbocycles. The van der Waals surface area contributed by atoms with Crippen molar-refractivity contribution in [1.82, 2.24) is 9.62 Å². The zero-order valence-corrected chi connectivity index (χ0v) is 13.5. The molecule has 0 saturated heterocycles. The quantitative estimate of drug-likeness (QED) is 0.591. The summed E-state index contributed by atoms with van der Waals surface area (Å²) in [4.78, 5) is 2.32. The molecule has 0 heterocycles. The molecule has 1 rings (SSSR count). The zero-order valence-electron chi connectivity index (χ0n) is 12.7. The van der Waals surface area contributed by atoms with Gasteiger partial charge < -0.3 is 10.6 Å².